The first-order chi connectivity index (χ1) is 9.08. The number of fused-ring (bicyclic) bond motifs is 1. The maximum Gasteiger partial charge on any atom is 0.140 e. The zero-order chi connectivity index (χ0) is 13.5. The van der Waals surface area contributed by atoms with Crippen LogP contribution in [0.1, 0.15) is 38.1 Å². The largest absolute Gasteiger partial charge is 0.458 e. The number of rotatable bonds is 2. The van der Waals surface area contributed by atoms with Crippen molar-refractivity contribution >= 4 is 11.0 Å². The van der Waals surface area contributed by atoms with Crippen LogP contribution in [0, 0.1) is 5.82 Å². The molecule has 0 radical (unpaired) electrons. The fraction of sp³-hybridized carbons (Fsp3) is 0.467. The number of benzene rings is 1. The van der Waals surface area contributed by atoms with Gasteiger partial charge in [0.05, 0.1) is 5.60 Å². The van der Waals surface area contributed by atoms with Crippen molar-refractivity contribution in [3.05, 3.63) is 35.8 Å². The van der Waals surface area contributed by atoms with E-state index in [1.807, 2.05) is 6.92 Å². The van der Waals surface area contributed by atoms with E-state index in [1.165, 1.54) is 12.1 Å². The molecule has 3 rings (SSSR count). The molecule has 0 amide bonds. The molecular weight excluding hydrogens is 247 g/mol. The lowest BCUT2D eigenvalue weighted by atomic mass is 9.89. The van der Waals surface area contributed by atoms with Gasteiger partial charge in [0.25, 0.3) is 0 Å². The molecule has 1 saturated heterocycles. The Morgan fingerprint density at radius 3 is 2.89 bits per heavy atom. The van der Waals surface area contributed by atoms with Crippen molar-refractivity contribution < 1.29 is 18.7 Å². The van der Waals surface area contributed by atoms with Gasteiger partial charge in [0, 0.05) is 12.0 Å². The summed E-state index contributed by atoms with van der Waals surface area (Å²) in [6.45, 7) is 2.55. The molecule has 0 spiro atoms. The Hall–Kier alpha value is -1.39. The second-order valence-corrected chi connectivity index (χ2v) is 5.35. The molecule has 1 aromatic heterocycles. The van der Waals surface area contributed by atoms with E-state index >= 15 is 0 Å². The van der Waals surface area contributed by atoms with E-state index < -0.39 is 11.7 Å². The van der Waals surface area contributed by atoms with Gasteiger partial charge in [0.2, 0.25) is 0 Å². The molecular formula is C15H17FO3. The van der Waals surface area contributed by atoms with Crippen molar-refractivity contribution in [1.82, 2.24) is 0 Å². The summed E-state index contributed by atoms with van der Waals surface area (Å²) in [4.78, 5) is 0. The van der Waals surface area contributed by atoms with Gasteiger partial charge in [-0.3, -0.25) is 0 Å². The van der Waals surface area contributed by atoms with E-state index in [0.717, 1.165) is 19.3 Å². The number of halogens is 1. The summed E-state index contributed by atoms with van der Waals surface area (Å²) in [6, 6.07) is 6.01. The van der Waals surface area contributed by atoms with Crippen LogP contribution in [0.3, 0.4) is 0 Å². The summed E-state index contributed by atoms with van der Waals surface area (Å²) in [7, 11) is 0. The Bertz CT molecular complexity index is 584. The monoisotopic (exact) mass is 264 g/mol. The second kappa shape index (κ2) is 4.62. The minimum absolute atomic E-state index is 0.311. The zero-order valence-corrected chi connectivity index (χ0v) is 10.9. The normalized spacial score (nSPS) is 25.6. The van der Waals surface area contributed by atoms with Crippen molar-refractivity contribution in [2.75, 3.05) is 6.61 Å². The Morgan fingerprint density at radius 2 is 2.16 bits per heavy atom. The van der Waals surface area contributed by atoms with Gasteiger partial charge < -0.3 is 14.3 Å². The minimum Gasteiger partial charge on any atom is -0.458 e. The van der Waals surface area contributed by atoms with Crippen LogP contribution in [0.25, 0.3) is 11.0 Å². The van der Waals surface area contributed by atoms with Crippen LogP contribution in [0.5, 0.6) is 0 Å². The van der Waals surface area contributed by atoms with Crippen LogP contribution in [0.15, 0.2) is 28.7 Å². The molecule has 0 saturated carbocycles. The fourth-order valence-corrected chi connectivity index (χ4v) is 2.64. The van der Waals surface area contributed by atoms with Crippen molar-refractivity contribution in [2.24, 2.45) is 0 Å². The predicted octanol–water partition coefficient (Wildman–Crippen LogP) is 3.56. The third kappa shape index (κ3) is 2.26. The van der Waals surface area contributed by atoms with E-state index in [0.29, 0.717) is 23.3 Å². The Labute approximate surface area is 111 Å². The third-order valence-electron chi connectivity index (χ3n) is 3.84. The van der Waals surface area contributed by atoms with E-state index in [1.54, 1.807) is 12.1 Å². The van der Waals surface area contributed by atoms with Gasteiger partial charge in [-0.25, -0.2) is 4.39 Å². The first-order valence-corrected chi connectivity index (χ1v) is 6.59. The Kier molecular flexibility index (Phi) is 3.07. The highest BCUT2D eigenvalue weighted by molar-refractivity contribution is 5.78. The molecule has 1 fully saturated rings. The van der Waals surface area contributed by atoms with E-state index in [4.69, 9.17) is 9.15 Å². The molecule has 2 atom stereocenters. The molecule has 2 heterocycles. The smallest absolute Gasteiger partial charge is 0.140 e. The molecule has 0 aliphatic carbocycles. The van der Waals surface area contributed by atoms with Crippen LogP contribution >= 0.6 is 0 Å². The first-order valence-electron chi connectivity index (χ1n) is 6.59. The number of hydrogen-bond acceptors (Lipinski definition) is 3. The van der Waals surface area contributed by atoms with Gasteiger partial charge in [-0.2, -0.15) is 0 Å². The lowest BCUT2D eigenvalue weighted by Gasteiger charge is -2.36. The van der Waals surface area contributed by atoms with Crippen molar-refractivity contribution in [3.63, 3.8) is 0 Å². The molecule has 102 valence electrons. The summed E-state index contributed by atoms with van der Waals surface area (Å²) >= 11 is 0. The molecule has 3 nitrogen and oxygen atoms in total. The standard InChI is InChI=1S/C15H17FO3/c1-15(6-2-3-7-18-15)14(17)13-9-10-8-11(16)4-5-12(10)19-13/h4-5,8-9,14,17H,2-3,6-7H2,1H3. The van der Waals surface area contributed by atoms with Crippen LogP contribution in [0.4, 0.5) is 4.39 Å². The lowest BCUT2D eigenvalue weighted by Crippen LogP contribution is -2.39. The summed E-state index contributed by atoms with van der Waals surface area (Å²) in [5.74, 6) is 0.125. The summed E-state index contributed by atoms with van der Waals surface area (Å²) in [5, 5.41) is 11.1. The highest BCUT2D eigenvalue weighted by atomic mass is 19.1. The molecule has 19 heavy (non-hydrogen) atoms. The van der Waals surface area contributed by atoms with Gasteiger partial charge in [-0.05, 0) is 50.5 Å². The van der Waals surface area contributed by atoms with Crippen LogP contribution in [-0.4, -0.2) is 17.3 Å². The third-order valence-corrected chi connectivity index (χ3v) is 3.84. The zero-order valence-electron chi connectivity index (χ0n) is 10.9. The quantitative estimate of drug-likeness (QED) is 0.901. The van der Waals surface area contributed by atoms with Gasteiger partial charge >= 0.3 is 0 Å². The van der Waals surface area contributed by atoms with Crippen LogP contribution < -0.4 is 0 Å². The number of hydrogen-bond donors (Lipinski definition) is 1. The molecule has 2 unspecified atom stereocenters. The maximum atomic E-state index is 13.1. The summed E-state index contributed by atoms with van der Waals surface area (Å²) in [6.07, 6.45) is 2.01. The summed E-state index contributed by atoms with van der Waals surface area (Å²) in [5.41, 5.74) is -0.0418. The molecule has 2 aromatic rings. The highest BCUT2D eigenvalue weighted by Crippen LogP contribution is 2.38. The van der Waals surface area contributed by atoms with Gasteiger partial charge in [-0.15, -0.1) is 0 Å². The van der Waals surface area contributed by atoms with Gasteiger partial charge in [0.1, 0.15) is 23.3 Å². The predicted molar refractivity (Wildman–Crippen MR) is 69.3 cm³/mol. The highest BCUT2D eigenvalue weighted by Gasteiger charge is 2.38. The van der Waals surface area contributed by atoms with Crippen molar-refractivity contribution in [3.8, 4) is 0 Å². The van der Waals surface area contributed by atoms with E-state index in [2.05, 4.69) is 0 Å². The number of furan rings is 1. The first kappa shape index (κ1) is 12.6. The molecule has 1 aliphatic heterocycles. The Balaban J connectivity index is 1.94. The SMILES string of the molecule is CC1(C(O)c2cc3cc(F)ccc3o2)CCCCO1. The number of aliphatic hydroxyl groups is 1. The number of ether oxygens (including phenoxy) is 1. The summed E-state index contributed by atoms with van der Waals surface area (Å²) < 4.78 is 24.5. The second-order valence-electron chi connectivity index (χ2n) is 5.35. The lowest BCUT2D eigenvalue weighted by molar-refractivity contribution is -0.143. The van der Waals surface area contributed by atoms with Crippen molar-refractivity contribution in [1.29, 1.82) is 0 Å². The average molecular weight is 264 g/mol. The van der Waals surface area contributed by atoms with Crippen molar-refractivity contribution in [2.45, 2.75) is 37.9 Å². The van der Waals surface area contributed by atoms with Gasteiger partial charge in [-0.1, -0.05) is 0 Å². The maximum absolute atomic E-state index is 13.1. The molecule has 1 N–H and O–H groups in total. The average Bonchev–Trinajstić information content (AvgIpc) is 2.81. The topological polar surface area (TPSA) is 42.6 Å². The van der Waals surface area contributed by atoms with E-state index in [-0.39, 0.29) is 5.82 Å². The molecule has 4 heteroatoms. The molecule has 1 aliphatic rings. The molecule has 0 bridgehead atoms. The molecule has 1 aromatic carbocycles. The van der Waals surface area contributed by atoms with Gasteiger partial charge in [0.15, 0.2) is 0 Å². The number of aliphatic hydroxyl groups excluding tert-OH is 1. The van der Waals surface area contributed by atoms with Crippen LogP contribution in [0.2, 0.25) is 0 Å². The fourth-order valence-electron chi connectivity index (χ4n) is 2.64. The minimum atomic E-state index is -0.830. The van der Waals surface area contributed by atoms with E-state index in [9.17, 15) is 9.50 Å². The van der Waals surface area contributed by atoms with Crippen LogP contribution in [-0.2, 0) is 4.74 Å². The Morgan fingerprint density at radius 1 is 1.32 bits per heavy atom.